The highest BCUT2D eigenvalue weighted by atomic mass is 32.2. The monoisotopic (exact) mass is 568 g/mol. The highest BCUT2D eigenvalue weighted by molar-refractivity contribution is 7.89. The molecule has 0 saturated carbocycles. The van der Waals surface area contributed by atoms with Gasteiger partial charge in [-0.3, -0.25) is 14.7 Å². The Morgan fingerprint density at radius 3 is 2.72 bits per heavy atom. The molecule has 9 nitrogen and oxygen atoms in total. The van der Waals surface area contributed by atoms with E-state index in [1.165, 1.54) is 10.9 Å². The number of fused-ring (bicyclic) bond motifs is 2. The lowest BCUT2D eigenvalue weighted by Gasteiger charge is -2.43. The van der Waals surface area contributed by atoms with Crippen LogP contribution < -0.4 is 10.1 Å². The number of aliphatic hydroxyl groups is 1. The maximum Gasteiger partial charge on any atom is 0.247 e. The first kappa shape index (κ1) is 26.4. The molecule has 2 fully saturated rings. The van der Waals surface area contributed by atoms with Crippen LogP contribution in [0.5, 0.6) is 5.75 Å². The maximum absolute atomic E-state index is 13.9. The third-order valence-electron chi connectivity index (χ3n) is 8.06. The zero-order valence-electron chi connectivity index (χ0n) is 21.5. The minimum atomic E-state index is -4.12. The van der Waals surface area contributed by atoms with Crippen molar-refractivity contribution in [3.8, 4) is 16.9 Å². The molecule has 39 heavy (non-hydrogen) atoms. The largest absolute Gasteiger partial charge is 0.492 e. The predicted molar refractivity (Wildman–Crippen MR) is 148 cm³/mol. The van der Waals surface area contributed by atoms with Crippen molar-refractivity contribution in [2.75, 3.05) is 26.2 Å². The van der Waals surface area contributed by atoms with Gasteiger partial charge in [-0.25, -0.2) is 8.42 Å². The average Bonchev–Trinajstić information content (AvgIpc) is 3.60. The Morgan fingerprint density at radius 2 is 1.97 bits per heavy atom. The SMILES string of the molecule is O=C1NC2(CCOc3cc(-c4cccnc4)ccc3S(=O)(=O)N3C[C@H](O)C[C@@H]13)CCN(Cc1cccs1)CC2. The van der Waals surface area contributed by atoms with Crippen LogP contribution in [0, 0.1) is 0 Å². The van der Waals surface area contributed by atoms with Gasteiger partial charge in [0.2, 0.25) is 15.9 Å². The zero-order chi connectivity index (χ0) is 27.0. The molecule has 0 unspecified atom stereocenters. The number of likely N-dealkylation sites (tertiary alicyclic amines) is 1. The van der Waals surface area contributed by atoms with E-state index in [1.807, 2.05) is 12.1 Å². The van der Waals surface area contributed by atoms with Gasteiger partial charge in [0.1, 0.15) is 16.7 Å². The van der Waals surface area contributed by atoms with Gasteiger partial charge < -0.3 is 15.2 Å². The molecule has 1 amide bonds. The summed E-state index contributed by atoms with van der Waals surface area (Å²) in [7, 11) is -4.12. The van der Waals surface area contributed by atoms with E-state index < -0.39 is 27.7 Å². The number of rotatable bonds is 3. The maximum atomic E-state index is 13.9. The van der Waals surface area contributed by atoms with E-state index in [0.29, 0.717) is 6.42 Å². The first-order valence-corrected chi connectivity index (χ1v) is 15.6. The number of carbonyl (C=O) groups is 1. The second-order valence-electron chi connectivity index (χ2n) is 10.6. The topological polar surface area (TPSA) is 112 Å². The second-order valence-corrected chi connectivity index (χ2v) is 13.5. The number of hydrogen-bond donors (Lipinski definition) is 2. The summed E-state index contributed by atoms with van der Waals surface area (Å²) in [6, 6.07) is 11.9. The van der Waals surface area contributed by atoms with Crippen LogP contribution in [0.1, 0.15) is 30.6 Å². The van der Waals surface area contributed by atoms with E-state index in [2.05, 4.69) is 32.7 Å². The van der Waals surface area contributed by atoms with Crippen LogP contribution in [0.15, 0.2) is 65.1 Å². The molecule has 1 spiro atoms. The number of aromatic nitrogens is 1. The number of piperidine rings is 1. The summed E-state index contributed by atoms with van der Waals surface area (Å²) in [6.07, 6.45) is 4.57. The van der Waals surface area contributed by atoms with Gasteiger partial charge in [-0.05, 0) is 48.1 Å². The van der Waals surface area contributed by atoms with E-state index in [0.717, 1.165) is 47.9 Å². The molecule has 11 heteroatoms. The molecule has 206 valence electrons. The lowest BCUT2D eigenvalue weighted by Crippen LogP contribution is -2.59. The predicted octanol–water partition coefficient (Wildman–Crippen LogP) is 2.87. The fourth-order valence-corrected chi connectivity index (χ4v) is 8.36. The molecule has 5 heterocycles. The summed E-state index contributed by atoms with van der Waals surface area (Å²) in [5, 5.41) is 15.8. The lowest BCUT2D eigenvalue weighted by molar-refractivity contribution is -0.127. The summed E-state index contributed by atoms with van der Waals surface area (Å²) < 4.78 is 35.1. The van der Waals surface area contributed by atoms with Crippen molar-refractivity contribution in [1.29, 1.82) is 0 Å². The van der Waals surface area contributed by atoms with Crippen molar-refractivity contribution in [2.45, 2.75) is 54.8 Å². The molecule has 3 aliphatic heterocycles. The van der Waals surface area contributed by atoms with E-state index in [4.69, 9.17) is 4.74 Å². The number of ether oxygens (including phenoxy) is 1. The van der Waals surface area contributed by atoms with Crippen LogP contribution in [0.25, 0.3) is 11.1 Å². The number of hydrogen-bond acceptors (Lipinski definition) is 8. The van der Waals surface area contributed by atoms with Gasteiger partial charge in [-0.2, -0.15) is 4.31 Å². The number of thiophene rings is 1. The number of nitrogens with one attached hydrogen (secondary N) is 1. The van der Waals surface area contributed by atoms with E-state index in [1.54, 1.807) is 35.9 Å². The van der Waals surface area contributed by atoms with Gasteiger partial charge in [0.25, 0.3) is 0 Å². The van der Waals surface area contributed by atoms with Gasteiger partial charge in [-0.1, -0.05) is 18.2 Å². The van der Waals surface area contributed by atoms with E-state index in [-0.39, 0.29) is 36.1 Å². The lowest BCUT2D eigenvalue weighted by atomic mass is 9.84. The molecule has 1 aromatic carbocycles. The smallest absolute Gasteiger partial charge is 0.247 e. The Hall–Kier alpha value is -2.83. The number of carbonyl (C=O) groups excluding carboxylic acids is 1. The highest BCUT2D eigenvalue weighted by Crippen LogP contribution is 2.37. The summed E-state index contributed by atoms with van der Waals surface area (Å²) in [4.78, 5) is 21.5. The molecule has 6 rings (SSSR count). The molecule has 0 aliphatic carbocycles. The molecule has 3 aromatic rings. The Morgan fingerprint density at radius 1 is 1.13 bits per heavy atom. The van der Waals surface area contributed by atoms with E-state index in [9.17, 15) is 18.3 Å². The average molecular weight is 569 g/mol. The van der Waals surface area contributed by atoms with Crippen molar-refractivity contribution in [3.63, 3.8) is 0 Å². The zero-order valence-corrected chi connectivity index (χ0v) is 23.2. The van der Waals surface area contributed by atoms with Gasteiger partial charge in [0.05, 0.1) is 12.7 Å². The van der Waals surface area contributed by atoms with Gasteiger partial charge in [-0.15, -0.1) is 11.3 Å². The van der Waals surface area contributed by atoms with Crippen molar-refractivity contribution in [1.82, 2.24) is 19.5 Å². The minimum absolute atomic E-state index is 0.00348. The minimum Gasteiger partial charge on any atom is -0.492 e. The first-order valence-electron chi connectivity index (χ1n) is 13.3. The summed E-state index contributed by atoms with van der Waals surface area (Å²) in [6.45, 7) is 2.64. The fourth-order valence-electron chi connectivity index (χ4n) is 5.86. The van der Waals surface area contributed by atoms with Crippen molar-refractivity contribution >= 4 is 27.3 Å². The van der Waals surface area contributed by atoms with Crippen LogP contribution in [0.3, 0.4) is 0 Å². The number of pyridine rings is 1. The third-order valence-corrected chi connectivity index (χ3v) is 10.8. The Labute approximate surface area is 232 Å². The van der Waals surface area contributed by atoms with Crippen LogP contribution in [0.2, 0.25) is 0 Å². The van der Waals surface area contributed by atoms with Crippen LogP contribution >= 0.6 is 11.3 Å². The molecular weight excluding hydrogens is 536 g/mol. The second kappa shape index (κ2) is 10.6. The van der Waals surface area contributed by atoms with Crippen LogP contribution in [0.4, 0.5) is 0 Å². The van der Waals surface area contributed by atoms with Crippen LogP contribution in [-0.4, -0.2) is 77.5 Å². The normalized spacial score (nSPS) is 25.2. The summed E-state index contributed by atoms with van der Waals surface area (Å²) in [5.41, 5.74) is 1.12. The number of sulfonamides is 1. The molecule has 0 radical (unpaired) electrons. The van der Waals surface area contributed by atoms with Crippen LogP contribution in [-0.2, 0) is 21.4 Å². The number of benzene rings is 1. The quantitative estimate of drug-likeness (QED) is 0.500. The van der Waals surface area contributed by atoms with Crippen molar-refractivity contribution in [2.24, 2.45) is 0 Å². The number of aliphatic hydroxyl groups excluding tert-OH is 1. The van der Waals surface area contributed by atoms with E-state index >= 15 is 0 Å². The molecular formula is C28H32N4O5S2. The fraction of sp³-hybridized carbons (Fsp3) is 0.429. The Balaban J connectivity index is 1.32. The molecule has 0 bridgehead atoms. The number of amides is 1. The molecule has 2 saturated heterocycles. The summed E-state index contributed by atoms with van der Waals surface area (Å²) >= 11 is 1.74. The molecule has 2 aromatic heterocycles. The van der Waals surface area contributed by atoms with Crippen molar-refractivity contribution in [3.05, 3.63) is 65.1 Å². The van der Waals surface area contributed by atoms with Crippen molar-refractivity contribution < 1.29 is 23.1 Å². The third kappa shape index (κ3) is 5.33. The Bertz CT molecular complexity index is 1420. The Kier molecular flexibility index (Phi) is 7.19. The van der Waals surface area contributed by atoms with Gasteiger partial charge >= 0.3 is 0 Å². The molecule has 2 N–H and O–H groups in total. The molecule has 3 aliphatic rings. The summed E-state index contributed by atoms with van der Waals surface area (Å²) in [5.74, 6) is -0.103. The highest BCUT2D eigenvalue weighted by Gasteiger charge is 2.47. The van der Waals surface area contributed by atoms with Gasteiger partial charge in [0, 0.05) is 67.4 Å². The first-order chi connectivity index (χ1) is 18.8. The number of nitrogens with zero attached hydrogens (tertiary/aromatic N) is 3. The standard InChI is InChI=1S/C28H32N4O5S2/c33-22-16-24-27(34)30-28(7-11-31(12-8-28)19-23-4-2-14-38-23)9-13-37-25-15-20(21-3-1-10-29-17-21)5-6-26(25)39(35,36)32(24)18-22/h1-6,10,14-15,17,22,24,33H,7-9,11-13,16,18-19H2,(H,30,34)/t22-,24+/m1/s1. The molecule has 2 atom stereocenters. The van der Waals surface area contributed by atoms with Gasteiger partial charge in [0.15, 0.2) is 0 Å².